The third-order valence-electron chi connectivity index (χ3n) is 6.29. The zero-order valence-corrected chi connectivity index (χ0v) is 23.5. The van der Waals surface area contributed by atoms with Crippen molar-refractivity contribution < 1.29 is 19.8 Å². The summed E-state index contributed by atoms with van der Waals surface area (Å²) in [6.07, 6.45) is 5.38. The van der Waals surface area contributed by atoms with Gasteiger partial charge in [0.1, 0.15) is 5.75 Å². The van der Waals surface area contributed by atoms with E-state index in [1.165, 1.54) is 5.56 Å². The summed E-state index contributed by atoms with van der Waals surface area (Å²) in [6.45, 7) is 1.97. The lowest BCUT2D eigenvalue weighted by atomic mass is 10.1. The summed E-state index contributed by atoms with van der Waals surface area (Å²) in [7, 11) is 0. The highest BCUT2D eigenvalue weighted by atomic mass is 35.5. The van der Waals surface area contributed by atoms with Gasteiger partial charge in [-0.05, 0) is 67.5 Å². The van der Waals surface area contributed by atoms with Crippen molar-refractivity contribution in [2.24, 2.45) is 0 Å². The Morgan fingerprint density at radius 3 is 2.08 bits per heavy atom. The normalized spacial score (nSPS) is 11.7. The highest BCUT2D eigenvalue weighted by Crippen LogP contribution is 2.17. The van der Waals surface area contributed by atoms with Crippen molar-refractivity contribution in [3.63, 3.8) is 0 Å². The lowest BCUT2D eigenvalue weighted by Crippen LogP contribution is -2.39. The van der Waals surface area contributed by atoms with Crippen LogP contribution in [0, 0.1) is 0 Å². The Hall–Kier alpha value is -2.48. The minimum atomic E-state index is -0.356. The Morgan fingerprint density at radius 1 is 0.816 bits per heavy atom. The summed E-state index contributed by atoms with van der Waals surface area (Å²) >= 11 is 11.8. The fourth-order valence-electron chi connectivity index (χ4n) is 4.18. The number of carbonyl (C=O) groups excluding carboxylic acids is 2. The molecule has 0 heterocycles. The van der Waals surface area contributed by atoms with Gasteiger partial charge in [0.05, 0.1) is 12.6 Å². The molecule has 0 aliphatic rings. The molecule has 9 heteroatoms. The number of hydrogen-bond acceptors (Lipinski definition) is 5. The second-order valence-corrected chi connectivity index (χ2v) is 10.1. The third kappa shape index (κ3) is 12.9. The molecule has 7 nitrogen and oxygen atoms in total. The van der Waals surface area contributed by atoms with Gasteiger partial charge in [0.2, 0.25) is 11.8 Å². The van der Waals surface area contributed by atoms with Crippen LogP contribution < -0.4 is 15.5 Å². The molecule has 2 amide bonds. The van der Waals surface area contributed by atoms with Crippen LogP contribution in [0.1, 0.15) is 49.7 Å². The minimum Gasteiger partial charge on any atom is -0.508 e. The first-order chi connectivity index (χ1) is 18.4. The Morgan fingerprint density at radius 2 is 1.45 bits per heavy atom. The Balaban J connectivity index is 1.53. The second-order valence-electron chi connectivity index (χ2n) is 9.36. The molecule has 0 bridgehead atoms. The average molecular weight is 567 g/mol. The summed E-state index contributed by atoms with van der Waals surface area (Å²) in [4.78, 5) is 26.5. The monoisotopic (exact) mass is 565 g/mol. The van der Waals surface area contributed by atoms with Gasteiger partial charge in [-0.3, -0.25) is 9.59 Å². The number of nitrogens with zero attached hydrogens (tertiary/aromatic N) is 1. The van der Waals surface area contributed by atoms with Crippen LogP contribution in [0.25, 0.3) is 0 Å². The molecule has 4 N–H and O–H groups in total. The molecule has 1 atom stereocenters. The number of halogens is 2. The van der Waals surface area contributed by atoms with Crippen LogP contribution in [0.4, 0.5) is 5.69 Å². The van der Waals surface area contributed by atoms with Gasteiger partial charge >= 0.3 is 0 Å². The highest BCUT2D eigenvalue weighted by molar-refractivity contribution is 6.18. The summed E-state index contributed by atoms with van der Waals surface area (Å²) in [5.74, 6) is 1.25. The number of amides is 2. The summed E-state index contributed by atoms with van der Waals surface area (Å²) in [5, 5.41) is 24.7. The lowest BCUT2D eigenvalue weighted by Gasteiger charge is -2.23. The molecular weight excluding hydrogens is 525 g/mol. The molecule has 2 aromatic carbocycles. The molecule has 2 aromatic rings. The number of alkyl halides is 2. The average Bonchev–Trinajstić information content (AvgIpc) is 2.91. The molecule has 0 aromatic heterocycles. The van der Waals surface area contributed by atoms with E-state index in [0.717, 1.165) is 56.4 Å². The molecule has 210 valence electrons. The van der Waals surface area contributed by atoms with Crippen molar-refractivity contribution in [2.75, 3.05) is 42.9 Å². The number of aliphatic hydroxyl groups excluding tert-OH is 1. The lowest BCUT2D eigenvalue weighted by molar-refractivity contribution is -0.122. The zero-order valence-electron chi connectivity index (χ0n) is 22.0. The van der Waals surface area contributed by atoms with Crippen molar-refractivity contribution in [1.82, 2.24) is 10.6 Å². The predicted octanol–water partition coefficient (Wildman–Crippen LogP) is 4.40. The maximum Gasteiger partial charge on any atom is 0.220 e. The van der Waals surface area contributed by atoms with Crippen LogP contribution >= 0.6 is 23.2 Å². The van der Waals surface area contributed by atoms with Gasteiger partial charge in [-0.1, -0.05) is 30.7 Å². The van der Waals surface area contributed by atoms with E-state index < -0.39 is 0 Å². The van der Waals surface area contributed by atoms with E-state index >= 15 is 0 Å². The summed E-state index contributed by atoms with van der Waals surface area (Å²) in [6, 6.07) is 14.7. The van der Waals surface area contributed by atoms with E-state index in [1.54, 1.807) is 24.3 Å². The van der Waals surface area contributed by atoms with Gasteiger partial charge in [0.25, 0.3) is 0 Å². The van der Waals surface area contributed by atoms with E-state index in [1.807, 2.05) is 0 Å². The quantitative estimate of drug-likeness (QED) is 0.149. The van der Waals surface area contributed by atoms with Crippen LogP contribution in [0.2, 0.25) is 0 Å². The molecule has 0 unspecified atom stereocenters. The van der Waals surface area contributed by atoms with Crippen LogP contribution in [0.3, 0.4) is 0 Å². The SMILES string of the molecule is O=C(CCCc1ccc(N(CCCl)CCCl)cc1)NCCCCCC(=O)N[C@H](CO)Cc1ccc(O)cc1. The number of benzene rings is 2. The molecule has 0 aliphatic carbocycles. The number of aryl methyl sites for hydroxylation is 1. The van der Waals surface area contributed by atoms with E-state index in [9.17, 15) is 19.8 Å². The molecule has 0 fully saturated rings. The largest absolute Gasteiger partial charge is 0.508 e. The number of nitrogens with one attached hydrogen (secondary N) is 2. The molecule has 0 aliphatic heterocycles. The van der Waals surface area contributed by atoms with Gasteiger partial charge in [0.15, 0.2) is 0 Å². The zero-order chi connectivity index (χ0) is 27.6. The van der Waals surface area contributed by atoms with Crippen molar-refractivity contribution in [3.8, 4) is 5.75 Å². The van der Waals surface area contributed by atoms with E-state index in [2.05, 4.69) is 39.8 Å². The standard InChI is InChI=1S/C29H41Cl2N3O4/c30-16-19-34(20-17-31)26-12-8-23(9-13-26)5-4-7-28(37)32-18-3-1-2-6-29(38)33-25(22-35)21-24-10-14-27(36)15-11-24/h8-15,25,35-36H,1-7,16-22H2,(H,32,37)(H,33,38)/t25-/m0/s1. The van der Waals surface area contributed by atoms with Crippen LogP contribution in [-0.4, -0.2) is 66.1 Å². The van der Waals surface area contributed by atoms with Crippen molar-refractivity contribution in [1.29, 1.82) is 0 Å². The fraction of sp³-hybridized carbons (Fsp3) is 0.517. The van der Waals surface area contributed by atoms with Gasteiger partial charge in [0, 0.05) is 49.9 Å². The Labute approximate surface area is 236 Å². The number of anilines is 1. The van der Waals surface area contributed by atoms with Crippen molar-refractivity contribution in [2.45, 2.75) is 57.4 Å². The molecular formula is C29H41Cl2N3O4. The molecule has 0 radical (unpaired) electrons. The fourth-order valence-corrected chi connectivity index (χ4v) is 4.59. The minimum absolute atomic E-state index is 0.0507. The predicted molar refractivity (Wildman–Crippen MR) is 155 cm³/mol. The maximum atomic E-state index is 12.2. The highest BCUT2D eigenvalue weighted by Gasteiger charge is 2.12. The number of carbonyl (C=O) groups is 2. The summed E-state index contributed by atoms with van der Waals surface area (Å²) < 4.78 is 0. The first-order valence-electron chi connectivity index (χ1n) is 13.4. The van der Waals surface area contributed by atoms with E-state index in [0.29, 0.717) is 37.6 Å². The van der Waals surface area contributed by atoms with Gasteiger partial charge in [-0.25, -0.2) is 0 Å². The number of unbranched alkanes of at least 4 members (excludes halogenated alkanes) is 2. The molecule has 0 spiro atoms. The van der Waals surface area contributed by atoms with E-state index in [4.69, 9.17) is 23.2 Å². The maximum absolute atomic E-state index is 12.2. The number of phenolic OH excluding ortho intramolecular Hbond substituents is 1. The number of hydrogen-bond donors (Lipinski definition) is 4. The second kappa shape index (κ2) is 18.7. The topological polar surface area (TPSA) is 102 Å². The van der Waals surface area contributed by atoms with Crippen molar-refractivity contribution in [3.05, 3.63) is 59.7 Å². The molecule has 38 heavy (non-hydrogen) atoms. The first kappa shape index (κ1) is 31.7. The van der Waals surface area contributed by atoms with Crippen LogP contribution in [0.5, 0.6) is 5.75 Å². The van der Waals surface area contributed by atoms with Gasteiger partial charge in [-0.15, -0.1) is 23.2 Å². The first-order valence-corrected chi connectivity index (χ1v) is 14.4. The van der Waals surface area contributed by atoms with Gasteiger partial charge < -0.3 is 25.7 Å². The number of aromatic hydroxyl groups is 1. The molecule has 0 saturated heterocycles. The third-order valence-corrected chi connectivity index (χ3v) is 6.62. The van der Waals surface area contributed by atoms with E-state index in [-0.39, 0.29) is 30.2 Å². The number of rotatable bonds is 19. The van der Waals surface area contributed by atoms with Crippen LogP contribution in [0.15, 0.2) is 48.5 Å². The Bertz CT molecular complexity index is 936. The van der Waals surface area contributed by atoms with Crippen LogP contribution in [-0.2, 0) is 22.4 Å². The smallest absolute Gasteiger partial charge is 0.220 e. The number of phenols is 1. The van der Waals surface area contributed by atoms with Crippen molar-refractivity contribution >= 4 is 40.7 Å². The number of aliphatic hydroxyl groups is 1. The molecule has 0 saturated carbocycles. The van der Waals surface area contributed by atoms with Gasteiger partial charge in [-0.2, -0.15) is 0 Å². The Kier molecular flexibility index (Phi) is 15.6. The molecule has 2 rings (SSSR count). The summed E-state index contributed by atoms with van der Waals surface area (Å²) in [5.41, 5.74) is 3.24.